The molecule has 106 valence electrons. The van der Waals surface area contributed by atoms with Gasteiger partial charge in [0.05, 0.1) is 33.0 Å². The topological polar surface area (TPSA) is 65.0 Å². The number of esters is 1. The summed E-state index contributed by atoms with van der Waals surface area (Å²) in [6.45, 7) is 5.72. The van der Waals surface area contributed by atoms with Gasteiger partial charge in [-0.3, -0.25) is 0 Å². The van der Waals surface area contributed by atoms with Crippen molar-refractivity contribution in [3.8, 4) is 0 Å². The fourth-order valence-corrected chi connectivity index (χ4v) is 1.29. The quantitative estimate of drug-likeness (QED) is 0.344. The highest BCUT2D eigenvalue weighted by atomic mass is 16.6. The van der Waals surface area contributed by atoms with Gasteiger partial charge in [0.2, 0.25) is 0 Å². The highest BCUT2D eigenvalue weighted by molar-refractivity contribution is 5.88. The zero-order valence-corrected chi connectivity index (χ0v) is 11.3. The summed E-state index contributed by atoms with van der Waals surface area (Å²) in [4.78, 5) is 11.5. The number of ether oxygens (including phenoxy) is 3. The van der Waals surface area contributed by atoms with E-state index in [1.165, 1.54) is 0 Å². The Kier molecular flexibility index (Phi) is 11.9. The molecule has 18 heavy (non-hydrogen) atoms. The van der Waals surface area contributed by atoms with Gasteiger partial charge in [-0.2, -0.15) is 0 Å². The minimum atomic E-state index is -0.264. The van der Waals surface area contributed by atoms with Crippen LogP contribution in [0.4, 0.5) is 0 Å². The van der Waals surface area contributed by atoms with Crippen LogP contribution in [-0.2, 0) is 19.0 Å². The summed E-state index contributed by atoms with van der Waals surface area (Å²) in [6, 6.07) is 0. The molecule has 0 rings (SSSR count). The Bertz CT molecular complexity index is 238. The second kappa shape index (κ2) is 12.5. The molecule has 0 aromatic rings. The van der Waals surface area contributed by atoms with Gasteiger partial charge in [-0.05, 0) is 12.8 Å². The Morgan fingerprint density at radius 2 is 1.67 bits per heavy atom. The summed E-state index contributed by atoms with van der Waals surface area (Å²) in [5, 5.41) is 8.46. The lowest BCUT2D eigenvalue weighted by Crippen LogP contribution is -2.14. The van der Waals surface area contributed by atoms with Crippen LogP contribution in [0.1, 0.15) is 26.7 Å². The molecule has 0 bridgehead atoms. The van der Waals surface area contributed by atoms with Crippen LogP contribution in [0.5, 0.6) is 0 Å². The van der Waals surface area contributed by atoms with Gasteiger partial charge in [-0.15, -0.1) is 0 Å². The van der Waals surface area contributed by atoms with Gasteiger partial charge in [0.1, 0.15) is 6.61 Å². The summed E-state index contributed by atoms with van der Waals surface area (Å²) in [6.07, 6.45) is 3.39. The Morgan fingerprint density at radius 3 is 2.22 bits per heavy atom. The zero-order chi connectivity index (χ0) is 13.6. The van der Waals surface area contributed by atoms with Gasteiger partial charge in [0.15, 0.2) is 0 Å². The molecule has 0 spiro atoms. The maximum Gasteiger partial charge on any atom is 0.333 e. The lowest BCUT2D eigenvalue weighted by Gasteiger charge is -2.07. The molecule has 0 atom stereocenters. The molecule has 0 aliphatic rings. The maximum atomic E-state index is 11.5. The first kappa shape index (κ1) is 17.1. The first-order valence-corrected chi connectivity index (χ1v) is 6.38. The van der Waals surface area contributed by atoms with Gasteiger partial charge in [-0.1, -0.05) is 19.9 Å². The van der Waals surface area contributed by atoms with Crippen molar-refractivity contribution in [3.05, 3.63) is 11.6 Å². The fourth-order valence-electron chi connectivity index (χ4n) is 1.29. The van der Waals surface area contributed by atoms with Crippen molar-refractivity contribution in [1.82, 2.24) is 0 Å². The van der Waals surface area contributed by atoms with E-state index in [9.17, 15) is 4.79 Å². The second-order valence-corrected chi connectivity index (χ2v) is 3.58. The van der Waals surface area contributed by atoms with Crippen molar-refractivity contribution < 1.29 is 24.1 Å². The van der Waals surface area contributed by atoms with Crippen molar-refractivity contribution in [3.63, 3.8) is 0 Å². The van der Waals surface area contributed by atoms with Crippen molar-refractivity contribution in [2.45, 2.75) is 26.7 Å². The Hall–Kier alpha value is -0.910. The number of rotatable bonds is 11. The number of hydrogen-bond donors (Lipinski definition) is 1. The number of carbonyl (C=O) groups is 1. The summed E-state index contributed by atoms with van der Waals surface area (Å²) in [7, 11) is 0. The summed E-state index contributed by atoms with van der Waals surface area (Å²) in [5.41, 5.74) is 0.712. The lowest BCUT2D eigenvalue weighted by atomic mass is 10.2. The van der Waals surface area contributed by atoms with Crippen molar-refractivity contribution in [1.29, 1.82) is 0 Å². The third-order valence-corrected chi connectivity index (χ3v) is 2.16. The molecule has 0 saturated carbocycles. The predicted molar refractivity (Wildman–Crippen MR) is 68.3 cm³/mol. The van der Waals surface area contributed by atoms with Crippen molar-refractivity contribution in [2.24, 2.45) is 0 Å². The SMILES string of the molecule is CCC=C(CC)C(=O)OCCOCCOCCO. The molecule has 0 radical (unpaired) electrons. The van der Waals surface area contributed by atoms with E-state index in [0.717, 1.165) is 6.42 Å². The third kappa shape index (κ3) is 9.15. The average Bonchev–Trinajstić information content (AvgIpc) is 2.38. The highest BCUT2D eigenvalue weighted by Crippen LogP contribution is 2.04. The van der Waals surface area contributed by atoms with E-state index < -0.39 is 0 Å². The van der Waals surface area contributed by atoms with Crippen LogP contribution < -0.4 is 0 Å². The van der Waals surface area contributed by atoms with E-state index in [1.807, 2.05) is 19.9 Å². The Labute approximate surface area is 109 Å². The smallest absolute Gasteiger partial charge is 0.333 e. The molecule has 0 aromatic heterocycles. The molecule has 0 unspecified atom stereocenters. The Morgan fingerprint density at radius 1 is 1.06 bits per heavy atom. The number of allylic oxidation sites excluding steroid dienone is 1. The van der Waals surface area contributed by atoms with Gasteiger partial charge in [-0.25, -0.2) is 4.79 Å². The van der Waals surface area contributed by atoms with Crippen LogP contribution in [0.2, 0.25) is 0 Å². The van der Waals surface area contributed by atoms with Crippen LogP contribution in [0.15, 0.2) is 11.6 Å². The van der Waals surface area contributed by atoms with Gasteiger partial charge in [0.25, 0.3) is 0 Å². The van der Waals surface area contributed by atoms with Crippen molar-refractivity contribution >= 4 is 5.97 Å². The molecular weight excluding hydrogens is 236 g/mol. The van der Waals surface area contributed by atoms with E-state index in [4.69, 9.17) is 19.3 Å². The van der Waals surface area contributed by atoms with Gasteiger partial charge in [0, 0.05) is 5.57 Å². The molecule has 0 heterocycles. The molecule has 1 N–H and O–H groups in total. The monoisotopic (exact) mass is 260 g/mol. The van der Waals surface area contributed by atoms with E-state index in [1.54, 1.807) is 0 Å². The fraction of sp³-hybridized carbons (Fsp3) is 0.769. The molecule has 0 aromatic carbocycles. The summed E-state index contributed by atoms with van der Waals surface area (Å²) in [5.74, 6) is -0.264. The zero-order valence-electron chi connectivity index (χ0n) is 11.3. The molecule has 0 amide bonds. The van der Waals surface area contributed by atoms with Crippen LogP contribution in [-0.4, -0.2) is 50.7 Å². The molecule has 0 aliphatic heterocycles. The summed E-state index contributed by atoms with van der Waals surface area (Å²) < 4.78 is 15.3. The van der Waals surface area contributed by atoms with Gasteiger partial charge >= 0.3 is 5.97 Å². The standard InChI is InChI=1S/C13H24O5/c1-3-5-12(4-2)13(15)18-11-10-17-9-8-16-7-6-14/h5,14H,3-4,6-11H2,1-2H3. The first-order chi connectivity index (χ1) is 8.76. The molecule has 5 heteroatoms. The van der Waals surface area contributed by atoms with Crippen LogP contribution in [0.3, 0.4) is 0 Å². The number of aliphatic hydroxyl groups excluding tert-OH is 1. The minimum Gasteiger partial charge on any atom is -0.460 e. The summed E-state index contributed by atoms with van der Waals surface area (Å²) >= 11 is 0. The van der Waals surface area contributed by atoms with E-state index in [-0.39, 0.29) is 19.2 Å². The first-order valence-electron chi connectivity index (χ1n) is 6.38. The van der Waals surface area contributed by atoms with Crippen LogP contribution in [0, 0.1) is 0 Å². The number of hydrogen-bond acceptors (Lipinski definition) is 5. The largest absolute Gasteiger partial charge is 0.460 e. The third-order valence-electron chi connectivity index (χ3n) is 2.16. The highest BCUT2D eigenvalue weighted by Gasteiger charge is 2.07. The van der Waals surface area contributed by atoms with Gasteiger partial charge < -0.3 is 19.3 Å². The van der Waals surface area contributed by atoms with Crippen LogP contribution >= 0.6 is 0 Å². The lowest BCUT2D eigenvalue weighted by molar-refractivity contribution is -0.140. The van der Waals surface area contributed by atoms with E-state index in [2.05, 4.69) is 0 Å². The normalized spacial score (nSPS) is 11.6. The predicted octanol–water partition coefficient (Wildman–Crippen LogP) is 1.30. The molecule has 0 fully saturated rings. The average molecular weight is 260 g/mol. The van der Waals surface area contributed by atoms with E-state index >= 15 is 0 Å². The van der Waals surface area contributed by atoms with E-state index in [0.29, 0.717) is 38.4 Å². The molecule has 5 nitrogen and oxygen atoms in total. The minimum absolute atomic E-state index is 0.0151. The van der Waals surface area contributed by atoms with Crippen LogP contribution in [0.25, 0.3) is 0 Å². The molecule has 0 aliphatic carbocycles. The number of aliphatic hydroxyl groups is 1. The second-order valence-electron chi connectivity index (χ2n) is 3.58. The van der Waals surface area contributed by atoms with Crippen molar-refractivity contribution in [2.75, 3.05) is 39.6 Å². The maximum absolute atomic E-state index is 11.5. The Balaban J connectivity index is 3.48. The number of carbonyl (C=O) groups excluding carboxylic acids is 1. The molecular formula is C13H24O5. The molecule has 0 saturated heterocycles.